The van der Waals surface area contributed by atoms with E-state index < -0.39 is 0 Å². The predicted molar refractivity (Wildman–Crippen MR) is 95.2 cm³/mol. The zero-order valence-corrected chi connectivity index (χ0v) is 15.0. The van der Waals surface area contributed by atoms with E-state index in [0.29, 0.717) is 5.56 Å². The molecule has 1 aromatic carbocycles. The fourth-order valence-electron chi connectivity index (χ4n) is 2.81. The molecule has 0 fully saturated rings. The van der Waals surface area contributed by atoms with E-state index in [0.717, 1.165) is 12.0 Å². The van der Waals surface area contributed by atoms with Crippen molar-refractivity contribution in [2.24, 2.45) is 5.41 Å². The van der Waals surface area contributed by atoms with Gasteiger partial charge in [0.05, 0.1) is 0 Å². The SMILES string of the molecule is CNC(=O)c1ccc(/C=C/C(=O)NC(C)(C)CC(C)(C)C)cc1. The molecule has 0 atom stereocenters. The molecule has 0 spiro atoms. The van der Waals surface area contributed by atoms with Gasteiger partial charge in [-0.15, -0.1) is 0 Å². The van der Waals surface area contributed by atoms with Crippen molar-refractivity contribution in [1.29, 1.82) is 0 Å². The van der Waals surface area contributed by atoms with E-state index in [2.05, 4.69) is 31.4 Å². The van der Waals surface area contributed by atoms with Crippen molar-refractivity contribution in [2.45, 2.75) is 46.6 Å². The first-order chi connectivity index (χ1) is 10.5. The van der Waals surface area contributed by atoms with Crippen LogP contribution in [0.3, 0.4) is 0 Å². The second-order valence-electron chi connectivity index (χ2n) is 7.65. The summed E-state index contributed by atoms with van der Waals surface area (Å²) >= 11 is 0. The van der Waals surface area contributed by atoms with Crippen LogP contribution < -0.4 is 10.6 Å². The van der Waals surface area contributed by atoms with E-state index >= 15 is 0 Å². The molecule has 2 N–H and O–H groups in total. The summed E-state index contributed by atoms with van der Waals surface area (Å²) in [4.78, 5) is 23.5. The van der Waals surface area contributed by atoms with E-state index in [1.807, 2.05) is 26.0 Å². The van der Waals surface area contributed by atoms with Gasteiger partial charge in [0.25, 0.3) is 5.91 Å². The molecule has 1 aromatic rings. The first-order valence-corrected chi connectivity index (χ1v) is 7.85. The molecule has 0 saturated carbocycles. The van der Waals surface area contributed by atoms with Crippen LogP contribution in [0.5, 0.6) is 0 Å². The molecule has 0 heterocycles. The van der Waals surface area contributed by atoms with Crippen molar-refractivity contribution in [3.63, 3.8) is 0 Å². The van der Waals surface area contributed by atoms with Crippen LogP contribution in [0.4, 0.5) is 0 Å². The van der Waals surface area contributed by atoms with Crippen molar-refractivity contribution in [1.82, 2.24) is 10.6 Å². The summed E-state index contributed by atoms with van der Waals surface area (Å²) in [6, 6.07) is 7.10. The highest BCUT2D eigenvalue weighted by molar-refractivity contribution is 5.95. The van der Waals surface area contributed by atoms with E-state index in [1.165, 1.54) is 6.08 Å². The van der Waals surface area contributed by atoms with Crippen molar-refractivity contribution in [3.05, 3.63) is 41.5 Å². The highest BCUT2D eigenvalue weighted by atomic mass is 16.2. The van der Waals surface area contributed by atoms with Crippen molar-refractivity contribution >= 4 is 17.9 Å². The highest BCUT2D eigenvalue weighted by Crippen LogP contribution is 2.26. The Labute approximate surface area is 139 Å². The minimum absolute atomic E-state index is 0.116. The molecule has 126 valence electrons. The lowest BCUT2D eigenvalue weighted by molar-refractivity contribution is -0.118. The fraction of sp³-hybridized carbons (Fsp3) is 0.474. The van der Waals surface area contributed by atoms with E-state index in [9.17, 15) is 9.59 Å². The number of nitrogens with one attached hydrogen (secondary N) is 2. The molecule has 23 heavy (non-hydrogen) atoms. The number of benzene rings is 1. The third-order valence-corrected chi connectivity index (χ3v) is 3.26. The minimum Gasteiger partial charge on any atom is -0.355 e. The maximum absolute atomic E-state index is 12.1. The van der Waals surface area contributed by atoms with Crippen LogP contribution in [0.2, 0.25) is 0 Å². The van der Waals surface area contributed by atoms with Gasteiger partial charge in [0.15, 0.2) is 0 Å². The lowest BCUT2D eigenvalue weighted by Gasteiger charge is -2.32. The summed E-state index contributed by atoms with van der Waals surface area (Å²) in [7, 11) is 1.60. The monoisotopic (exact) mass is 316 g/mol. The third kappa shape index (κ3) is 7.13. The first kappa shape index (κ1) is 18.9. The van der Waals surface area contributed by atoms with E-state index in [4.69, 9.17) is 0 Å². The van der Waals surface area contributed by atoms with Crippen molar-refractivity contribution in [3.8, 4) is 0 Å². The average molecular weight is 316 g/mol. The van der Waals surface area contributed by atoms with Crippen molar-refractivity contribution in [2.75, 3.05) is 7.05 Å². The molecule has 0 aliphatic carbocycles. The maximum Gasteiger partial charge on any atom is 0.251 e. The Kier molecular flexibility index (Phi) is 6.13. The predicted octanol–water partition coefficient (Wildman–Crippen LogP) is 3.39. The molecule has 0 aromatic heterocycles. The minimum atomic E-state index is -0.261. The number of hydrogen-bond acceptors (Lipinski definition) is 2. The summed E-state index contributed by atoms with van der Waals surface area (Å²) in [6.07, 6.45) is 4.16. The normalized spacial score (nSPS) is 12.3. The van der Waals surface area contributed by atoms with Crippen LogP contribution in [-0.4, -0.2) is 24.4 Å². The highest BCUT2D eigenvalue weighted by Gasteiger charge is 2.26. The van der Waals surface area contributed by atoms with Crippen LogP contribution in [0.25, 0.3) is 6.08 Å². The van der Waals surface area contributed by atoms with Gasteiger partial charge in [-0.3, -0.25) is 9.59 Å². The summed E-state index contributed by atoms with van der Waals surface area (Å²) in [5.41, 5.74) is 1.36. The molecule has 0 radical (unpaired) electrons. The smallest absolute Gasteiger partial charge is 0.251 e. The van der Waals surface area contributed by atoms with Crippen LogP contribution >= 0.6 is 0 Å². The number of carbonyl (C=O) groups excluding carboxylic acids is 2. The molecular weight excluding hydrogens is 288 g/mol. The summed E-state index contributed by atoms with van der Waals surface area (Å²) in [6.45, 7) is 10.5. The number of hydrogen-bond donors (Lipinski definition) is 2. The van der Waals surface area contributed by atoms with E-state index in [1.54, 1.807) is 25.3 Å². The molecule has 0 unspecified atom stereocenters. The quantitative estimate of drug-likeness (QED) is 0.818. The Hall–Kier alpha value is -2.10. The standard InChI is InChI=1S/C19H28N2O2/c1-18(2,3)13-19(4,5)21-16(22)12-9-14-7-10-15(11-8-14)17(23)20-6/h7-12H,13H2,1-6H3,(H,20,23)(H,21,22)/b12-9+. The van der Waals surface area contributed by atoms with Crippen molar-refractivity contribution < 1.29 is 9.59 Å². The Bertz CT molecular complexity index is 578. The van der Waals surface area contributed by atoms with Crippen LogP contribution in [0.15, 0.2) is 30.3 Å². The van der Waals surface area contributed by atoms with Crippen LogP contribution in [0, 0.1) is 5.41 Å². The molecule has 1 rings (SSSR count). The zero-order valence-electron chi connectivity index (χ0n) is 15.0. The van der Waals surface area contributed by atoms with Gasteiger partial charge in [-0.1, -0.05) is 32.9 Å². The topological polar surface area (TPSA) is 58.2 Å². The maximum atomic E-state index is 12.1. The summed E-state index contributed by atoms with van der Waals surface area (Å²) in [5, 5.41) is 5.61. The second kappa shape index (κ2) is 7.44. The fourth-order valence-corrected chi connectivity index (χ4v) is 2.81. The van der Waals surface area contributed by atoms with Gasteiger partial charge >= 0.3 is 0 Å². The summed E-state index contributed by atoms with van der Waals surface area (Å²) in [5.74, 6) is -0.239. The molecule has 0 bridgehead atoms. The average Bonchev–Trinajstić information content (AvgIpc) is 2.41. The summed E-state index contributed by atoms with van der Waals surface area (Å²) < 4.78 is 0. The van der Waals surface area contributed by atoms with Gasteiger partial charge < -0.3 is 10.6 Å². The number of carbonyl (C=O) groups is 2. The molecule has 0 aliphatic heterocycles. The largest absolute Gasteiger partial charge is 0.355 e. The zero-order chi connectivity index (χ0) is 17.7. The van der Waals surface area contributed by atoms with Gasteiger partial charge in [0.1, 0.15) is 0 Å². The first-order valence-electron chi connectivity index (χ1n) is 7.85. The molecule has 0 saturated heterocycles. The van der Waals surface area contributed by atoms with Gasteiger partial charge in [-0.2, -0.15) is 0 Å². The Morgan fingerprint density at radius 3 is 2.09 bits per heavy atom. The molecule has 4 heteroatoms. The second-order valence-corrected chi connectivity index (χ2v) is 7.65. The Morgan fingerprint density at radius 1 is 1.04 bits per heavy atom. The third-order valence-electron chi connectivity index (χ3n) is 3.26. The van der Waals surface area contributed by atoms with Gasteiger partial charge in [0.2, 0.25) is 5.91 Å². The van der Waals surface area contributed by atoms with Gasteiger partial charge in [0, 0.05) is 24.2 Å². The molecule has 4 nitrogen and oxygen atoms in total. The lowest BCUT2D eigenvalue weighted by atomic mass is 9.82. The lowest BCUT2D eigenvalue weighted by Crippen LogP contribution is -2.45. The van der Waals surface area contributed by atoms with Crippen LogP contribution in [-0.2, 0) is 4.79 Å². The molecule has 0 aliphatic rings. The van der Waals surface area contributed by atoms with Gasteiger partial charge in [-0.05, 0) is 49.5 Å². The van der Waals surface area contributed by atoms with Crippen LogP contribution in [0.1, 0.15) is 57.0 Å². The number of amides is 2. The van der Waals surface area contributed by atoms with Gasteiger partial charge in [-0.25, -0.2) is 0 Å². The Morgan fingerprint density at radius 2 is 1.61 bits per heavy atom. The Balaban J connectivity index is 2.66. The van der Waals surface area contributed by atoms with E-state index in [-0.39, 0.29) is 22.8 Å². The number of rotatable bonds is 5. The molecular formula is C19H28N2O2. The molecule has 2 amide bonds.